The van der Waals surface area contributed by atoms with Crippen LogP contribution in [0.5, 0.6) is 0 Å². The molecule has 1 aliphatic rings. The molecule has 1 aromatic rings. The minimum Gasteiger partial charge on any atom is -0.340 e. The fourth-order valence-corrected chi connectivity index (χ4v) is 4.65. The summed E-state index contributed by atoms with van der Waals surface area (Å²) in [5.74, 6) is -0.0702. The van der Waals surface area contributed by atoms with Gasteiger partial charge in [0.2, 0.25) is 15.9 Å². The molecule has 1 saturated heterocycles. The highest BCUT2D eigenvalue weighted by atomic mass is 35.5. The summed E-state index contributed by atoms with van der Waals surface area (Å²) in [6, 6.07) is 2.22. The maximum absolute atomic E-state index is 12.9. The van der Waals surface area contributed by atoms with Gasteiger partial charge in [-0.3, -0.25) is 4.79 Å². The molecule has 1 aromatic carbocycles. The van der Waals surface area contributed by atoms with E-state index in [-0.39, 0.29) is 37.1 Å². The van der Waals surface area contributed by atoms with Gasteiger partial charge in [-0.05, 0) is 24.6 Å². The van der Waals surface area contributed by atoms with Gasteiger partial charge in [-0.2, -0.15) is 17.5 Å². The van der Waals surface area contributed by atoms with E-state index in [1.807, 2.05) is 20.8 Å². The summed E-state index contributed by atoms with van der Waals surface area (Å²) < 4.78 is 65.4. The number of hydrogen-bond donors (Lipinski definition) is 0. The van der Waals surface area contributed by atoms with Gasteiger partial charge in [-0.25, -0.2) is 8.42 Å². The Balaban J connectivity index is 2.22. The first-order valence-electron chi connectivity index (χ1n) is 8.47. The van der Waals surface area contributed by atoms with Crippen LogP contribution in [0.4, 0.5) is 13.2 Å². The second-order valence-corrected chi connectivity index (χ2v) is 9.39. The van der Waals surface area contributed by atoms with Gasteiger partial charge in [0.05, 0.1) is 10.6 Å². The lowest BCUT2D eigenvalue weighted by Crippen LogP contribution is -2.53. The van der Waals surface area contributed by atoms with Crippen LogP contribution in [-0.2, 0) is 21.0 Å². The third-order valence-electron chi connectivity index (χ3n) is 4.87. The van der Waals surface area contributed by atoms with Crippen molar-refractivity contribution in [2.45, 2.75) is 38.3 Å². The van der Waals surface area contributed by atoms with E-state index in [0.717, 1.165) is 16.4 Å². The van der Waals surface area contributed by atoms with Crippen LogP contribution in [0.3, 0.4) is 0 Å². The Bertz CT molecular complexity index is 817. The van der Waals surface area contributed by atoms with Crippen molar-refractivity contribution in [2.75, 3.05) is 26.2 Å². The summed E-state index contributed by atoms with van der Waals surface area (Å²) >= 11 is 5.87. The first-order chi connectivity index (χ1) is 12.3. The number of halogens is 4. The second kappa shape index (κ2) is 7.60. The SMILES string of the molecule is CCC(C)(C)C(=O)N1CCN(S(=O)(=O)c2cc(C(F)(F)F)ccc2Cl)CC1. The molecule has 152 valence electrons. The third-order valence-corrected chi connectivity index (χ3v) is 7.25. The Morgan fingerprint density at radius 2 is 1.70 bits per heavy atom. The zero-order valence-electron chi connectivity index (χ0n) is 15.3. The van der Waals surface area contributed by atoms with Crippen LogP contribution in [0.15, 0.2) is 23.1 Å². The number of alkyl halides is 3. The molecule has 1 aliphatic heterocycles. The monoisotopic (exact) mass is 426 g/mol. The maximum atomic E-state index is 12.9. The Morgan fingerprint density at radius 3 is 2.19 bits per heavy atom. The fraction of sp³-hybridized carbons (Fsp3) is 0.588. The van der Waals surface area contributed by atoms with E-state index in [1.165, 1.54) is 0 Å². The predicted octanol–water partition coefficient (Wildman–Crippen LogP) is 3.63. The average molecular weight is 427 g/mol. The molecule has 2 rings (SSSR count). The Kier molecular flexibility index (Phi) is 6.18. The largest absolute Gasteiger partial charge is 0.416 e. The molecule has 0 atom stereocenters. The molecule has 0 aliphatic carbocycles. The van der Waals surface area contributed by atoms with Gasteiger partial charge >= 0.3 is 6.18 Å². The first-order valence-corrected chi connectivity index (χ1v) is 10.3. The molecule has 0 radical (unpaired) electrons. The average Bonchev–Trinajstić information content (AvgIpc) is 2.60. The molecule has 5 nitrogen and oxygen atoms in total. The summed E-state index contributed by atoms with van der Waals surface area (Å²) in [4.78, 5) is 13.5. The van der Waals surface area contributed by atoms with Crippen molar-refractivity contribution in [3.8, 4) is 0 Å². The molecule has 1 fully saturated rings. The minimum atomic E-state index is -4.67. The normalized spacial score (nSPS) is 17.2. The molecule has 0 unspecified atom stereocenters. The third kappa shape index (κ3) is 4.57. The molecule has 10 heteroatoms. The van der Waals surface area contributed by atoms with E-state index in [4.69, 9.17) is 11.6 Å². The van der Waals surface area contributed by atoms with Crippen LogP contribution in [0.2, 0.25) is 5.02 Å². The molecule has 0 saturated carbocycles. The predicted molar refractivity (Wildman–Crippen MR) is 95.9 cm³/mol. The van der Waals surface area contributed by atoms with Crippen molar-refractivity contribution in [1.29, 1.82) is 0 Å². The van der Waals surface area contributed by atoms with Gasteiger partial charge in [-0.1, -0.05) is 32.4 Å². The molecule has 1 heterocycles. The van der Waals surface area contributed by atoms with Gasteiger partial charge in [0.15, 0.2) is 0 Å². The number of benzene rings is 1. The summed E-state index contributed by atoms with van der Waals surface area (Å²) in [6.45, 7) is 5.90. The highest BCUT2D eigenvalue weighted by Crippen LogP contribution is 2.34. The smallest absolute Gasteiger partial charge is 0.340 e. The molecular formula is C17H22ClF3N2O3S. The lowest BCUT2D eigenvalue weighted by molar-refractivity contribution is -0.141. The summed E-state index contributed by atoms with van der Waals surface area (Å²) in [7, 11) is -4.20. The number of carbonyl (C=O) groups excluding carboxylic acids is 1. The van der Waals surface area contributed by atoms with Gasteiger partial charge < -0.3 is 4.90 Å². The topological polar surface area (TPSA) is 57.7 Å². The number of rotatable bonds is 4. The Hall–Kier alpha value is -1.32. The highest BCUT2D eigenvalue weighted by Gasteiger charge is 2.37. The highest BCUT2D eigenvalue weighted by molar-refractivity contribution is 7.89. The lowest BCUT2D eigenvalue weighted by atomic mass is 9.88. The number of amides is 1. The molecule has 0 N–H and O–H groups in total. The Morgan fingerprint density at radius 1 is 1.15 bits per heavy atom. The van der Waals surface area contributed by atoms with E-state index in [2.05, 4.69) is 0 Å². The zero-order chi connectivity index (χ0) is 20.6. The number of nitrogens with zero attached hydrogens (tertiary/aromatic N) is 2. The molecule has 0 aromatic heterocycles. The van der Waals surface area contributed by atoms with Crippen molar-refractivity contribution in [1.82, 2.24) is 9.21 Å². The van der Waals surface area contributed by atoms with Crippen LogP contribution in [-0.4, -0.2) is 49.7 Å². The van der Waals surface area contributed by atoms with Crippen molar-refractivity contribution in [3.63, 3.8) is 0 Å². The van der Waals surface area contributed by atoms with Crippen LogP contribution in [0.25, 0.3) is 0 Å². The van der Waals surface area contributed by atoms with Crippen molar-refractivity contribution >= 4 is 27.5 Å². The van der Waals surface area contributed by atoms with Gasteiger partial charge in [0.1, 0.15) is 4.90 Å². The number of hydrogen-bond acceptors (Lipinski definition) is 3. The van der Waals surface area contributed by atoms with E-state index in [0.29, 0.717) is 12.5 Å². The molecule has 0 spiro atoms. The lowest BCUT2D eigenvalue weighted by Gasteiger charge is -2.37. The zero-order valence-corrected chi connectivity index (χ0v) is 16.9. The van der Waals surface area contributed by atoms with Gasteiger partial charge in [0.25, 0.3) is 0 Å². The standard InChI is InChI=1S/C17H22ClF3N2O3S/c1-4-16(2,3)15(24)22-7-9-23(10-8-22)27(25,26)14-11-12(17(19,20)21)5-6-13(14)18/h5-6,11H,4,7-10H2,1-3H3. The number of piperazine rings is 1. The van der Waals surface area contributed by atoms with Gasteiger partial charge in [0, 0.05) is 31.6 Å². The minimum absolute atomic E-state index is 0.000438. The van der Waals surface area contributed by atoms with E-state index < -0.39 is 32.1 Å². The van der Waals surface area contributed by atoms with Crippen LogP contribution in [0, 0.1) is 5.41 Å². The van der Waals surface area contributed by atoms with Crippen LogP contribution >= 0.6 is 11.6 Å². The summed E-state index contributed by atoms with van der Waals surface area (Å²) in [6.07, 6.45) is -4.03. The summed E-state index contributed by atoms with van der Waals surface area (Å²) in [5.41, 5.74) is -1.63. The number of sulfonamides is 1. The van der Waals surface area contributed by atoms with E-state index >= 15 is 0 Å². The van der Waals surface area contributed by atoms with Crippen LogP contribution in [0.1, 0.15) is 32.8 Å². The maximum Gasteiger partial charge on any atom is 0.416 e. The quantitative estimate of drug-likeness (QED) is 0.738. The van der Waals surface area contributed by atoms with Gasteiger partial charge in [-0.15, -0.1) is 0 Å². The fourth-order valence-electron chi connectivity index (χ4n) is 2.73. The van der Waals surface area contributed by atoms with Crippen molar-refractivity contribution in [2.24, 2.45) is 5.41 Å². The number of carbonyl (C=O) groups is 1. The van der Waals surface area contributed by atoms with Crippen LogP contribution < -0.4 is 0 Å². The molecule has 0 bridgehead atoms. The summed E-state index contributed by atoms with van der Waals surface area (Å²) in [5, 5.41) is -0.270. The van der Waals surface area contributed by atoms with E-state index in [9.17, 15) is 26.4 Å². The molecule has 27 heavy (non-hydrogen) atoms. The molecular weight excluding hydrogens is 405 g/mol. The molecule has 1 amide bonds. The van der Waals surface area contributed by atoms with Crippen molar-refractivity contribution in [3.05, 3.63) is 28.8 Å². The first kappa shape index (κ1) is 22.0. The Labute approximate surface area is 162 Å². The second-order valence-electron chi connectivity index (χ2n) is 7.08. The van der Waals surface area contributed by atoms with E-state index in [1.54, 1.807) is 4.90 Å². The van der Waals surface area contributed by atoms with Crippen molar-refractivity contribution < 1.29 is 26.4 Å².